The fraction of sp³-hybridized carbons (Fsp3) is 0.517. The van der Waals surface area contributed by atoms with E-state index in [1.54, 1.807) is 12.1 Å². The molecule has 0 unspecified atom stereocenters. The lowest BCUT2D eigenvalue weighted by molar-refractivity contribution is -0.299. The Kier molecular flexibility index (Phi) is 8.14. The number of hydrogen-bond acceptors (Lipinski definition) is 11. The van der Waals surface area contributed by atoms with Crippen LogP contribution in [0.3, 0.4) is 0 Å². The molecular weight excluding hydrogens is 524 g/mol. The third-order valence-corrected chi connectivity index (χ3v) is 8.30. The van der Waals surface area contributed by atoms with E-state index in [4.69, 9.17) is 18.9 Å². The predicted octanol–water partition coefficient (Wildman–Crippen LogP) is 0.427. The van der Waals surface area contributed by atoms with Gasteiger partial charge in [-0.1, -0.05) is 30.4 Å². The number of allylic oxidation sites excluding steroid dienone is 1. The standard InChI is InChI=1S/C29H34O11/c1-13-18-8-5-16(23(18)27-19(10-20(13)31)14(2)28(36)40-27)11-38-29-26(35)25(34)24(33)21(39-29)12-37-22(32)9-15-3-6-17(30)7-4-15/h3-7,19-21,23-27,29-31,33-35H,2,8-12H2,1H3/t19-,20+,21+,23-,24+,25-,26+,27-,29+/m0/s1. The van der Waals surface area contributed by atoms with Crippen LogP contribution in [0.4, 0.5) is 0 Å². The number of rotatable bonds is 7. The van der Waals surface area contributed by atoms with Crippen molar-refractivity contribution in [3.05, 3.63) is 64.8 Å². The molecule has 0 amide bonds. The Hall–Kier alpha value is -3.06. The number of esters is 2. The van der Waals surface area contributed by atoms with Gasteiger partial charge in [0, 0.05) is 17.4 Å². The smallest absolute Gasteiger partial charge is 0.334 e. The van der Waals surface area contributed by atoms with E-state index in [0.717, 1.165) is 16.7 Å². The fourth-order valence-corrected chi connectivity index (χ4v) is 5.90. The van der Waals surface area contributed by atoms with Crippen LogP contribution in [0.2, 0.25) is 0 Å². The molecule has 2 heterocycles. The summed E-state index contributed by atoms with van der Waals surface area (Å²) in [5.41, 5.74) is 3.48. The van der Waals surface area contributed by atoms with Crippen molar-refractivity contribution in [1.29, 1.82) is 0 Å². The summed E-state index contributed by atoms with van der Waals surface area (Å²) in [5.74, 6) is -1.72. The molecule has 2 fully saturated rings. The second-order valence-corrected chi connectivity index (χ2v) is 10.8. The third-order valence-electron chi connectivity index (χ3n) is 8.30. The molecule has 2 aliphatic heterocycles. The van der Waals surface area contributed by atoms with E-state index in [1.165, 1.54) is 12.1 Å². The maximum absolute atomic E-state index is 12.3. The molecule has 0 spiro atoms. The van der Waals surface area contributed by atoms with Crippen LogP contribution >= 0.6 is 0 Å². The van der Waals surface area contributed by atoms with E-state index >= 15 is 0 Å². The number of carbonyl (C=O) groups excluding carboxylic acids is 2. The van der Waals surface area contributed by atoms with Crippen molar-refractivity contribution in [3.63, 3.8) is 0 Å². The Bertz CT molecular complexity index is 1220. The predicted molar refractivity (Wildman–Crippen MR) is 137 cm³/mol. The maximum Gasteiger partial charge on any atom is 0.334 e. The Labute approximate surface area is 230 Å². The first-order chi connectivity index (χ1) is 19.0. The Morgan fingerprint density at radius 2 is 1.82 bits per heavy atom. The highest BCUT2D eigenvalue weighted by Crippen LogP contribution is 2.48. The molecule has 1 aromatic rings. The molecule has 216 valence electrons. The molecule has 0 aromatic heterocycles. The summed E-state index contributed by atoms with van der Waals surface area (Å²) in [6.45, 7) is 5.29. The van der Waals surface area contributed by atoms with Crippen LogP contribution in [0.25, 0.3) is 0 Å². The second kappa shape index (κ2) is 11.4. The molecule has 1 aromatic carbocycles. The van der Waals surface area contributed by atoms with Crippen molar-refractivity contribution in [3.8, 4) is 5.75 Å². The largest absolute Gasteiger partial charge is 0.508 e. The molecule has 0 saturated carbocycles. The summed E-state index contributed by atoms with van der Waals surface area (Å²) in [7, 11) is 0. The molecule has 2 aliphatic carbocycles. The summed E-state index contributed by atoms with van der Waals surface area (Å²) in [6, 6.07) is 6.04. The average molecular weight is 559 g/mol. The molecule has 4 aliphatic rings. The monoisotopic (exact) mass is 558 g/mol. The first-order valence-electron chi connectivity index (χ1n) is 13.3. The first kappa shape index (κ1) is 28.5. The zero-order valence-electron chi connectivity index (χ0n) is 22.0. The SMILES string of the molecule is C=C1C(=O)O[C@@H]2[C@H]3C(CO[C@@H]4O[C@H](COC(=O)Cc5ccc(O)cc5)[C@@H](O)[C@H](O)[C@H]4O)=CCC3=C(C)[C@H](O)C[C@@H]12. The number of fused-ring (bicyclic) bond motifs is 3. The number of aliphatic hydroxyl groups excluding tert-OH is 4. The number of aliphatic hydroxyl groups is 4. The Morgan fingerprint density at radius 1 is 1.10 bits per heavy atom. The second-order valence-electron chi connectivity index (χ2n) is 10.8. The van der Waals surface area contributed by atoms with Gasteiger partial charge in [-0.2, -0.15) is 0 Å². The number of phenols is 1. The number of phenolic OH excluding ortho intramolecular Hbond substituents is 1. The third kappa shape index (κ3) is 5.45. The van der Waals surface area contributed by atoms with Crippen molar-refractivity contribution < 1.29 is 54.1 Å². The topological polar surface area (TPSA) is 172 Å². The van der Waals surface area contributed by atoms with Crippen molar-refractivity contribution in [1.82, 2.24) is 0 Å². The quantitative estimate of drug-likeness (QED) is 0.178. The minimum atomic E-state index is -1.62. The van der Waals surface area contributed by atoms with E-state index in [1.807, 2.05) is 13.0 Å². The Morgan fingerprint density at radius 3 is 2.55 bits per heavy atom. The van der Waals surface area contributed by atoms with Gasteiger partial charge in [-0.25, -0.2) is 4.79 Å². The molecule has 5 N–H and O–H groups in total. The molecular formula is C29H34O11. The molecule has 5 rings (SSSR count). The van der Waals surface area contributed by atoms with Crippen LogP contribution in [0.1, 0.15) is 25.3 Å². The van der Waals surface area contributed by atoms with Crippen LogP contribution in [-0.4, -0.2) is 93.6 Å². The van der Waals surface area contributed by atoms with Crippen LogP contribution < -0.4 is 0 Å². The lowest BCUT2D eigenvalue weighted by Crippen LogP contribution is -2.59. The van der Waals surface area contributed by atoms with Crippen LogP contribution in [0.5, 0.6) is 5.75 Å². The van der Waals surface area contributed by atoms with Crippen molar-refractivity contribution in [2.75, 3.05) is 13.2 Å². The molecule has 11 nitrogen and oxygen atoms in total. The molecule has 0 bridgehead atoms. The molecule has 0 radical (unpaired) electrons. The zero-order chi connectivity index (χ0) is 28.7. The molecule has 2 saturated heterocycles. The summed E-state index contributed by atoms with van der Waals surface area (Å²) in [4.78, 5) is 24.6. The summed E-state index contributed by atoms with van der Waals surface area (Å²) in [6.07, 6.45) is -5.80. The minimum Gasteiger partial charge on any atom is -0.508 e. The van der Waals surface area contributed by atoms with Gasteiger partial charge in [0.25, 0.3) is 0 Å². The first-order valence-corrected chi connectivity index (χ1v) is 13.3. The normalized spacial score (nSPS) is 35.5. The van der Waals surface area contributed by atoms with Gasteiger partial charge in [0.1, 0.15) is 42.9 Å². The average Bonchev–Trinajstić information content (AvgIpc) is 3.44. The van der Waals surface area contributed by atoms with E-state index < -0.39 is 61.5 Å². The van der Waals surface area contributed by atoms with E-state index in [0.29, 0.717) is 24.0 Å². The molecule has 40 heavy (non-hydrogen) atoms. The van der Waals surface area contributed by atoms with Crippen molar-refractivity contribution in [2.24, 2.45) is 11.8 Å². The maximum atomic E-state index is 12.3. The molecule has 11 heteroatoms. The van der Waals surface area contributed by atoms with E-state index in [9.17, 15) is 35.1 Å². The lowest BCUT2D eigenvalue weighted by Gasteiger charge is -2.40. The molecule has 9 atom stereocenters. The van der Waals surface area contributed by atoms with Crippen LogP contribution in [-0.2, 0) is 35.0 Å². The minimum absolute atomic E-state index is 0.0390. The number of carbonyl (C=O) groups is 2. The zero-order valence-corrected chi connectivity index (χ0v) is 22.0. The highest BCUT2D eigenvalue weighted by Gasteiger charge is 2.50. The van der Waals surface area contributed by atoms with Crippen LogP contribution in [0, 0.1) is 11.8 Å². The van der Waals surface area contributed by atoms with Gasteiger partial charge in [-0.15, -0.1) is 0 Å². The number of hydrogen-bond donors (Lipinski definition) is 5. The van der Waals surface area contributed by atoms with Crippen molar-refractivity contribution in [2.45, 2.75) is 69.1 Å². The summed E-state index contributed by atoms with van der Waals surface area (Å²) >= 11 is 0. The number of aromatic hydroxyl groups is 1. The Balaban J connectivity index is 1.22. The highest BCUT2D eigenvalue weighted by atomic mass is 16.7. The van der Waals surface area contributed by atoms with Gasteiger partial charge in [0.15, 0.2) is 6.29 Å². The van der Waals surface area contributed by atoms with Gasteiger partial charge < -0.3 is 44.5 Å². The van der Waals surface area contributed by atoms with Gasteiger partial charge in [-0.05, 0) is 48.6 Å². The highest BCUT2D eigenvalue weighted by molar-refractivity contribution is 5.91. The number of ether oxygens (including phenoxy) is 4. The van der Waals surface area contributed by atoms with Gasteiger partial charge in [-0.3, -0.25) is 4.79 Å². The summed E-state index contributed by atoms with van der Waals surface area (Å²) < 4.78 is 22.5. The number of benzene rings is 1. The summed E-state index contributed by atoms with van der Waals surface area (Å²) in [5, 5.41) is 51.5. The van der Waals surface area contributed by atoms with E-state index in [-0.39, 0.29) is 30.6 Å². The van der Waals surface area contributed by atoms with Gasteiger partial charge in [0.2, 0.25) is 0 Å². The van der Waals surface area contributed by atoms with Crippen LogP contribution in [0.15, 0.2) is 59.2 Å². The van der Waals surface area contributed by atoms with Gasteiger partial charge in [0.05, 0.1) is 19.1 Å². The van der Waals surface area contributed by atoms with Gasteiger partial charge >= 0.3 is 11.9 Å². The fourth-order valence-electron chi connectivity index (χ4n) is 5.90. The lowest BCUT2D eigenvalue weighted by atomic mass is 9.83. The van der Waals surface area contributed by atoms with Crippen molar-refractivity contribution >= 4 is 11.9 Å². The van der Waals surface area contributed by atoms with E-state index in [2.05, 4.69) is 6.58 Å².